The topological polar surface area (TPSA) is 87.5 Å². The number of hydrogen-bond donors (Lipinski definition) is 3. The Morgan fingerprint density at radius 3 is 2.55 bits per heavy atom. The minimum absolute atomic E-state index is 0.104. The molecule has 160 valence electrons. The lowest BCUT2D eigenvalue weighted by Gasteiger charge is -2.23. The van der Waals surface area contributed by atoms with E-state index in [2.05, 4.69) is 33.7 Å². The molecule has 1 fully saturated rings. The molecule has 1 aliphatic rings. The second-order valence-electron chi connectivity index (χ2n) is 7.94. The second kappa shape index (κ2) is 9.18. The Morgan fingerprint density at radius 2 is 1.77 bits per heavy atom. The van der Waals surface area contributed by atoms with Crippen LogP contribution in [-0.4, -0.2) is 31.4 Å². The van der Waals surface area contributed by atoms with E-state index >= 15 is 0 Å². The largest absolute Gasteiger partial charge is 0.371 e. The Balaban J connectivity index is 1.64. The zero-order valence-electron chi connectivity index (χ0n) is 17.7. The van der Waals surface area contributed by atoms with Gasteiger partial charge >= 0.3 is 0 Å². The Bertz CT molecular complexity index is 1100. The molecule has 3 aromatic carbocycles. The van der Waals surface area contributed by atoms with Crippen LogP contribution in [0.2, 0.25) is 0 Å². The highest BCUT2D eigenvalue weighted by atomic mass is 16.2. The van der Waals surface area contributed by atoms with Gasteiger partial charge in [0.15, 0.2) is 0 Å². The van der Waals surface area contributed by atoms with E-state index in [0.717, 1.165) is 48.0 Å². The van der Waals surface area contributed by atoms with E-state index in [1.165, 1.54) is 0 Å². The molecule has 0 unspecified atom stereocenters. The lowest BCUT2D eigenvalue weighted by atomic mass is 9.99. The Kier molecular flexibility index (Phi) is 6.18. The number of nitrogens with two attached hydrogens (primary N) is 1. The molecule has 0 bridgehead atoms. The average Bonchev–Trinajstić information content (AvgIpc) is 3.33. The molecule has 0 spiro atoms. The number of nitrogens with zero attached hydrogens (tertiary/aromatic N) is 1. The van der Waals surface area contributed by atoms with Crippen molar-refractivity contribution in [2.75, 3.05) is 29.9 Å². The van der Waals surface area contributed by atoms with Crippen molar-refractivity contribution in [1.29, 1.82) is 0 Å². The number of rotatable bonds is 6. The fourth-order valence-corrected chi connectivity index (χ4v) is 4.22. The molecule has 3 aromatic rings. The predicted molar refractivity (Wildman–Crippen MR) is 125 cm³/mol. The normalized spacial score (nSPS) is 14.5. The first-order valence-corrected chi connectivity index (χ1v) is 10.7. The van der Waals surface area contributed by atoms with Crippen molar-refractivity contribution in [1.82, 2.24) is 5.32 Å². The van der Waals surface area contributed by atoms with E-state index in [1.54, 1.807) is 6.07 Å². The minimum atomic E-state index is -0.288. The van der Waals surface area contributed by atoms with Crippen LogP contribution < -0.4 is 21.3 Å². The van der Waals surface area contributed by atoms with Crippen molar-refractivity contribution in [3.63, 3.8) is 0 Å². The Morgan fingerprint density at radius 1 is 1.03 bits per heavy atom. The van der Waals surface area contributed by atoms with E-state index in [-0.39, 0.29) is 24.4 Å². The highest BCUT2D eigenvalue weighted by molar-refractivity contribution is 6.02. The summed E-state index contributed by atoms with van der Waals surface area (Å²) in [7, 11) is 0. The summed E-state index contributed by atoms with van der Waals surface area (Å²) < 4.78 is 0. The van der Waals surface area contributed by atoms with Crippen molar-refractivity contribution in [2.45, 2.75) is 25.8 Å². The molecule has 0 saturated carbocycles. The molecule has 6 nitrogen and oxygen atoms in total. The molecular weight excluding hydrogens is 388 g/mol. The predicted octanol–water partition coefficient (Wildman–Crippen LogP) is 3.83. The van der Waals surface area contributed by atoms with E-state index in [0.29, 0.717) is 11.3 Å². The first-order chi connectivity index (χ1) is 15.1. The maximum atomic E-state index is 13.4. The van der Waals surface area contributed by atoms with Gasteiger partial charge in [-0.05, 0) is 54.3 Å². The van der Waals surface area contributed by atoms with Crippen LogP contribution in [0.3, 0.4) is 0 Å². The van der Waals surface area contributed by atoms with Crippen molar-refractivity contribution in [3.8, 4) is 0 Å². The summed E-state index contributed by atoms with van der Waals surface area (Å²) >= 11 is 0. The lowest BCUT2D eigenvalue weighted by molar-refractivity contribution is -0.114. The number of carbonyl (C=O) groups excluding carboxylic acids is 2. The van der Waals surface area contributed by atoms with Gasteiger partial charge in [-0.3, -0.25) is 9.59 Å². The SMILES string of the molecule is C[C@@H](NC(=O)c1cc(NC(=O)CN)ccc1N1CCCC1)c1cccc2ccccc12. The molecule has 0 aliphatic carbocycles. The number of amides is 2. The van der Waals surface area contributed by atoms with Gasteiger partial charge in [-0.25, -0.2) is 0 Å². The highest BCUT2D eigenvalue weighted by Crippen LogP contribution is 2.29. The molecule has 0 radical (unpaired) electrons. The van der Waals surface area contributed by atoms with Crippen LogP contribution in [0, 0.1) is 0 Å². The number of hydrogen-bond acceptors (Lipinski definition) is 4. The fourth-order valence-electron chi connectivity index (χ4n) is 4.22. The third-order valence-electron chi connectivity index (χ3n) is 5.79. The van der Waals surface area contributed by atoms with Crippen LogP contribution in [0.15, 0.2) is 60.7 Å². The number of benzene rings is 3. The minimum Gasteiger partial charge on any atom is -0.371 e. The Hall–Kier alpha value is -3.38. The first kappa shape index (κ1) is 20.9. The van der Waals surface area contributed by atoms with Crippen LogP contribution in [0.25, 0.3) is 10.8 Å². The highest BCUT2D eigenvalue weighted by Gasteiger charge is 2.22. The quantitative estimate of drug-likeness (QED) is 0.570. The first-order valence-electron chi connectivity index (χ1n) is 10.7. The van der Waals surface area contributed by atoms with Crippen LogP contribution in [0.1, 0.15) is 41.7 Å². The molecule has 2 amide bonds. The molecule has 4 N–H and O–H groups in total. The summed E-state index contributed by atoms with van der Waals surface area (Å²) in [6.07, 6.45) is 2.22. The third-order valence-corrected chi connectivity index (χ3v) is 5.79. The van der Waals surface area contributed by atoms with Gasteiger partial charge < -0.3 is 21.3 Å². The average molecular weight is 417 g/mol. The maximum Gasteiger partial charge on any atom is 0.253 e. The molecule has 1 saturated heterocycles. The Labute approximate surface area is 182 Å². The van der Waals surface area contributed by atoms with Gasteiger partial charge in [0.25, 0.3) is 5.91 Å². The van der Waals surface area contributed by atoms with Crippen LogP contribution in [0.5, 0.6) is 0 Å². The molecule has 1 aliphatic heterocycles. The third kappa shape index (κ3) is 4.54. The molecule has 1 heterocycles. The van der Waals surface area contributed by atoms with Gasteiger partial charge in [0.2, 0.25) is 5.91 Å². The maximum absolute atomic E-state index is 13.4. The van der Waals surface area contributed by atoms with Crippen molar-refractivity contribution in [2.24, 2.45) is 5.73 Å². The van der Waals surface area contributed by atoms with Gasteiger partial charge in [0.05, 0.1) is 18.2 Å². The van der Waals surface area contributed by atoms with Crippen LogP contribution in [0.4, 0.5) is 11.4 Å². The number of fused-ring (bicyclic) bond motifs is 1. The molecule has 6 heteroatoms. The van der Waals surface area contributed by atoms with E-state index in [9.17, 15) is 9.59 Å². The van der Waals surface area contributed by atoms with Gasteiger partial charge in [-0.15, -0.1) is 0 Å². The molecule has 0 aromatic heterocycles. The summed E-state index contributed by atoms with van der Waals surface area (Å²) in [5.41, 5.74) is 8.52. The van der Waals surface area contributed by atoms with Gasteiger partial charge in [-0.1, -0.05) is 42.5 Å². The fraction of sp³-hybridized carbons (Fsp3) is 0.280. The van der Waals surface area contributed by atoms with Crippen molar-refractivity contribution >= 4 is 34.0 Å². The zero-order chi connectivity index (χ0) is 21.8. The van der Waals surface area contributed by atoms with E-state index in [1.807, 2.05) is 43.3 Å². The monoisotopic (exact) mass is 416 g/mol. The second-order valence-corrected chi connectivity index (χ2v) is 7.94. The van der Waals surface area contributed by atoms with Gasteiger partial charge in [-0.2, -0.15) is 0 Å². The summed E-state index contributed by atoms with van der Waals surface area (Å²) in [4.78, 5) is 27.3. The molecule has 31 heavy (non-hydrogen) atoms. The molecular formula is C25H28N4O2. The summed E-state index contributed by atoms with van der Waals surface area (Å²) in [5.74, 6) is -0.449. The van der Waals surface area contributed by atoms with Gasteiger partial charge in [0, 0.05) is 24.5 Å². The van der Waals surface area contributed by atoms with E-state index < -0.39 is 0 Å². The van der Waals surface area contributed by atoms with Crippen LogP contribution in [-0.2, 0) is 4.79 Å². The van der Waals surface area contributed by atoms with Crippen molar-refractivity contribution in [3.05, 3.63) is 71.8 Å². The summed E-state index contributed by atoms with van der Waals surface area (Å²) in [6.45, 7) is 3.74. The van der Waals surface area contributed by atoms with Gasteiger partial charge in [0.1, 0.15) is 0 Å². The zero-order valence-corrected chi connectivity index (χ0v) is 17.7. The smallest absolute Gasteiger partial charge is 0.253 e. The molecule has 1 atom stereocenters. The standard InChI is InChI=1S/C25H28N4O2/c1-17(20-10-6-8-18-7-2-3-9-21(18)20)27-25(31)22-15-19(28-24(30)16-26)11-12-23(22)29-13-4-5-14-29/h2-3,6-12,15,17H,4-5,13-14,16,26H2,1H3,(H,27,31)(H,28,30)/t17-/m1/s1. The summed E-state index contributed by atoms with van der Waals surface area (Å²) in [6, 6.07) is 19.6. The summed E-state index contributed by atoms with van der Waals surface area (Å²) in [5, 5.41) is 8.18. The number of anilines is 2. The number of nitrogens with one attached hydrogen (secondary N) is 2. The lowest BCUT2D eigenvalue weighted by Crippen LogP contribution is -2.30. The number of carbonyl (C=O) groups is 2. The van der Waals surface area contributed by atoms with Crippen molar-refractivity contribution < 1.29 is 9.59 Å². The molecule has 4 rings (SSSR count). The van der Waals surface area contributed by atoms with E-state index in [4.69, 9.17) is 5.73 Å². The van der Waals surface area contributed by atoms with Crippen LogP contribution >= 0.6 is 0 Å².